The fraction of sp³-hybridized carbons (Fsp3) is 0.250. The van der Waals surface area contributed by atoms with Crippen molar-refractivity contribution in [2.24, 2.45) is 0 Å². The van der Waals surface area contributed by atoms with Crippen LogP contribution in [0.3, 0.4) is 0 Å². The van der Waals surface area contributed by atoms with Crippen molar-refractivity contribution in [1.82, 2.24) is 5.32 Å². The summed E-state index contributed by atoms with van der Waals surface area (Å²) >= 11 is 3.13. The van der Waals surface area contributed by atoms with Gasteiger partial charge in [0.2, 0.25) is 0 Å². The maximum absolute atomic E-state index is 13.5. The van der Waals surface area contributed by atoms with Gasteiger partial charge < -0.3 is 10.4 Å². The molecule has 1 atom stereocenters. The highest BCUT2D eigenvalue weighted by molar-refractivity contribution is 9.10. The van der Waals surface area contributed by atoms with Crippen LogP contribution in [0.5, 0.6) is 0 Å². The van der Waals surface area contributed by atoms with E-state index in [1.807, 2.05) is 43.3 Å². The molecule has 2 aromatic carbocycles. The van der Waals surface area contributed by atoms with Gasteiger partial charge in [0.1, 0.15) is 5.82 Å². The molecule has 0 fully saturated rings. The minimum atomic E-state index is -0.551. The SMILES string of the molecule is CC(CO)(NCc1ccc(Br)c(F)c1)c1ccccc1. The zero-order chi connectivity index (χ0) is 14.6. The third-order valence-corrected chi connectivity index (χ3v) is 4.04. The van der Waals surface area contributed by atoms with Crippen molar-refractivity contribution in [3.05, 3.63) is 69.9 Å². The molecule has 2 nitrogen and oxygen atoms in total. The van der Waals surface area contributed by atoms with Crippen LogP contribution in [-0.4, -0.2) is 11.7 Å². The van der Waals surface area contributed by atoms with Crippen LogP contribution in [0.4, 0.5) is 4.39 Å². The van der Waals surface area contributed by atoms with Gasteiger partial charge >= 0.3 is 0 Å². The Morgan fingerprint density at radius 2 is 1.90 bits per heavy atom. The summed E-state index contributed by atoms with van der Waals surface area (Å²) < 4.78 is 13.9. The summed E-state index contributed by atoms with van der Waals surface area (Å²) in [4.78, 5) is 0. The molecule has 20 heavy (non-hydrogen) atoms. The van der Waals surface area contributed by atoms with Crippen LogP contribution in [0.25, 0.3) is 0 Å². The van der Waals surface area contributed by atoms with Crippen molar-refractivity contribution in [1.29, 1.82) is 0 Å². The predicted molar refractivity (Wildman–Crippen MR) is 81.8 cm³/mol. The number of aliphatic hydroxyl groups excluding tert-OH is 1. The highest BCUT2D eigenvalue weighted by Gasteiger charge is 2.24. The Balaban J connectivity index is 2.13. The van der Waals surface area contributed by atoms with Crippen LogP contribution in [0.1, 0.15) is 18.1 Å². The van der Waals surface area contributed by atoms with Gasteiger partial charge in [0.15, 0.2) is 0 Å². The zero-order valence-electron chi connectivity index (χ0n) is 11.2. The van der Waals surface area contributed by atoms with E-state index in [9.17, 15) is 9.50 Å². The molecule has 0 aliphatic carbocycles. The fourth-order valence-electron chi connectivity index (χ4n) is 2.00. The van der Waals surface area contributed by atoms with Crippen LogP contribution < -0.4 is 5.32 Å². The number of halogens is 2. The molecule has 0 aromatic heterocycles. The third-order valence-electron chi connectivity index (χ3n) is 3.39. The number of rotatable bonds is 5. The monoisotopic (exact) mass is 337 g/mol. The molecule has 2 rings (SSSR count). The Kier molecular flexibility index (Phi) is 4.91. The molecule has 0 saturated heterocycles. The van der Waals surface area contributed by atoms with Crippen LogP contribution in [0.15, 0.2) is 53.0 Å². The van der Waals surface area contributed by atoms with E-state index in [0.29, 0.717) is 11.0 Å². The maximum atomic E-state index is 13.5. The predicted octanol–water partition coefficient (Wildman–Crippen LogP) is 3.59. The topological polar surface area (TPSA) is 32.3 Å². The summed E-state index contributed by atoms with van der Waals surface area (Å²) in [6.07, 6.45) is 0. The lowest BCUT2D eigenvalue weighted by Crippen LogP contribution is -2.42. The average molecular weight is 338 g/mol. The van der Waals surface area contributed by atoms with Crippen molar-refractivity contribution < 1.29 is 9.50 Å². The molecule has 0 radical (unpaired) electrons. The minimum Gasteiger partial charge on any atom is -0.394 e. The second kappa shape index (κ2) is 6.48. The van der Waals surface area contributed by atoms with Gasteiger partial charge in [-0.2, -0.15) is 0 Å². The molecule has 106 valence electrons. The second-order valence-electron chi connectivity index (χ2n) is 4.96. The molecule has 0 amide bonds. The Morgan fingerprint density at radius 3 is 2.50 bits per heavy atom. The largest absolute Gasteiger partial charge is 0.394 e. The Labute approximate surface area is 126 Å². The quantitative estimate of drug-likeness (QED) is 0.873. The van der Waals surface area contributed by atoms with E-state index in [-0.39, 0.29) is 12.4 Å². The summed E-state index contributed by atoms with van der Waals surface area (Å²) in [7, 11) is 0. The van der Waals surface area contributed by atoms with E-state index < -0.39 is 5.54 Å². The van der Waals surface area contributed by atoms with Gasteiger partial charge in [-0.1, -0.05) is 36.4 Å². The molecule has 0 aliphatic heterocycles. The second-order valence-corrected chi connectivity index (χ2v) is 5.81. The Morgan fingerprint density at radius 1 is 1.20 bits per heavy atom. The molecule has 1 unspecified atom stereocenters. The first-order valence-electron chi connectivity index (χ1n) is 6.40. The van der Waals surface area contributed by atoms with Gasteiger partial charge in [-0.25, -0.2) is 4.39 Å². The van der Waals surface area contributed by atoms with Crippen LogP contribution in [0, 0.1) is 5.82 Å². The highest BCUT2D eigenvalue weighted by atomic mass is 79.9. The van der Waals surface area contributed by atoms with Crippen LogP contribution in [0.2, 0.25) is 0 Å². The molecule has 2 aromatic rings. The average Bonchev–Trinajstić information content (AvgIpc) is 2.49. The molecule has 0 aliphatic rings. The van der Waals surface area contributed by atoms with E-state index >= 15 is 0 Å². The smallest absolute Gasteiger partial charge is 0.137 e. The van der Waals surface area contributed by atoms with Gasteiger partial charge in [-0.05, 0) is 46.1 Å². The van der Waals surface area contributed by atoms with Crippen molar-refractivity contribution in [2.45, 2.75) is 19.0 Å². The molecule has 0 saturated carbocycles. The lowest BCUT2D eigenvalue weighted by Gasteiger charge is -2.29. The molecule has 0 bridgehead atoms. The first kappa shape index (κ1) is 15.2. The molecular formula is C16H17BrFNO. The van der Waals surface area contributed by atoms with E-state index in [2.05, 4.69) is 21.2 Å². The standard InChI is InChI=1S/C16H17BrFNO/c1-16(11-20,13-5-3-2-4-6-13)19-10-12-7-8-14(17)15(18)9-12/h2-9,19-20H,10-11H2,1H3. The van der Waals surface area contributed by atoms with Crippen LogP contribution in [-0.2, 0) is 12.1 Å². The number of hydrogen-bond donors (Lipinski definition) is 2. The fourth-order valence-corrected chi connectivity index (χ4v) is 2.25. The third kappa shape index (κ3) is 3.45. The van der Waals surface area contributed by atoms with Gasteiger partial charge in [-0.3, -0.25) is 0 Å². The minimum absolute atomic E-state index is 0.0317. The first-order chi connectivity index (χ1) is 9.55. The highest BCUT2D eigenvalue weighted by Crippen LogP contribution is 2.21. The van der Waals surface area contributed by atoms with Gasteiger partial charge in [0, 0.05) is 6.54 Å². The summed E-state index contributed by atoms with van der Waals surface area (Å²) in [5.74, 6) is -0.283. The van der Waals surface area contributed by atoms with Gasteiger partial charge in [0.25, 0.3) is 0 Å². The molecular weight excluding hydrogens is 321 g/mol. The summed E-state index contributed by atoms with van der Waals surface area (Å²) in [5, 5.41) is 13.0. The lowest BCUT2D eigenvalue weighted by atomic mass is 9.92. The Hall–Kier alpha value is -1.23. The summed E-state index contributed by atoms with van der Waals surface area (Å²) in [6.45, 7) is 2.38. The van der Waals surface area contributed by atoms with E-state index in [1.165, 1.54) is 6.07 Å². The van der Waals surface area contributed by atoms with Gasteiger partial charge in [-0.15, -0.1) is 0 Å². The number of hydrogen-bond acceptors (Lipinski definition) is 2. The summed E-state index contributed by atoms with van der Waals surface area (Å²) in [5.41, 5.74) is 1.28. The maximum Gasteiger partial charge on any atom is 0.137 e. The zero-order valence-corrected chi connectivity index (χ0v) is 12.8. The number of nitrogens with one attached hydrogen (secondary N) is 1. The van der Waals surface area contributed by atoms with Crippen molar-refractivity contribution >= 4 is 15.9 Å². The van der Waals surface area contributed by atoms with E-state index in [4.69, 9.17) is 0 Å². The van der Waals surface area contributed by atoms with E-state index in [0.717, 1.165) is 11.1 Å². The summed E-state index contributed by atoms with van der Waals surface area (Å²) in [6, 6.07) is 14.8. The molecule has 2 N–H and O–H groups in total. The molecule has 0 heterocycles. The molecule has 0 spiro atoms. The van der Waals surface area contributed by atoms with E-state index in [1.54, 1.807) is 6.07 Å². The number of aliphatic hydroxyl groups is 1. The number of benzene rings is 2. The lowest BCUT2D eigenvalue weighted by molar-refractivity contribution is 0.173. The molecule has 4 heteroatoms. The normalized spacial score (nSPS) is 14.0. The Bertz CT molecular complexity index is 576. The van der Waals surface area contributed by atoms with Crippen molar-refractivity contribution in [2.75, 3.05) is 6.61 Å². The van der Waals surface area contributed by atoms with Gasteiger partial charge in [0.05, 0.1) is 16.6 Å². The van der Waals surface area contributed by atoms with Crippen LogP contribution >= 0.6 is 15.9 Å². The van der Waals surface area contributed by atoms with Crippen molar-refractivity contribution in [3.63, 3.8) is 0 Å². The van der Waals surface area contributed by atoms with Crippen molar-refractivity contribution in [3.8, 4) is 0 Å². The first-order valence-corrected chi connectivity index (χ1v) is 7.20.